The molecule has 0 aliphatic carbocycles. The molecule has 0 aromatic heterocycles. The van der Waals surface area contributed by atoms with Crippen LogP contribution in [0.15, 0.2) is 64.6 Å². The number of rotatable bonds is 7. The number of nitrogens with zero attached hydrogens (tertiary/aromatic N) is 1. The summed E-state index contributed by atoms with van der Waals surface area (Å²) in [5.74, 6) is 1.19. The zero-order valence-electron chi connectivity index (χ0n) is 13.5. The maximum atomic E-state index is 11.7. The summed E-state index contributed by atoms with van der Waals surface area (Å²) in [6.07, 6.45) is 2.12. The minimum absolute atomic E-state index is 0.0662. The zero-order valence-corrected chi connectivity index (χ0v) is 14.3. The van der Waals surface area contributed by atoms with Crippen molar-refractivity contribution in [2.75, 3.05) is 5.75 Å². The minimum Gasteiger partial charge on any atom is -0.273 e. The summed E-state index contributed by atoms with van der Waals surface area (Å²) in [6.45, 7) is 4.33. The van der Waals surface area contributed by atoms with Crippen molar-refractivity contribution in [3.63, 3.8) is 0 Å². The number of hydrazone groups is 1. The topological polar surface area (TPSA) is 41.5 Å². The second-order valence-electron chi connectivity index (χ2n) is 5.53. The van der Waals surface area contributed by atoms with Crippen LogP contribution in [0.1, 0.15) is 37.3 Å². The Bertz CT molecular complexity index is 636. The molecule has 0 radical (unpaired) electrons. The van der Waals surface area contributed by atoms with E-state index in [1.54, 1.807) is 18.0 Å². The van der Waals surface area contributed by atoms with Crippen molar-refractivity contribution in [3.05, 3.63) is 65.7 Å². The van der Waals surface area contributed by atoms with Crippen molar-refractivity contribution >= 4 is 23.9 Å². The lowest BCUT2D eigenvalue weighted by molar-refractivity contribution is -0.120. The van der Waals surface area contributed by atoms with Gasteiger partial charge in [0.2, 0.25) is 5.91 Å². The number of carbonyl (C=O) groups excluding carboxylic acids is 1. The Hall–Kier alpha value is -2.07. The van der Waals surface area contributed by atoms with Gasteiger partial charge < -0.3 is 0 Å². The average Bonchev–Trinajstić information content (AvgIpc) is 2.56. The molecule has 0 aliphatic rings. The van der Waals surface area contributed by atoms with E-state index in [0.29, 0.717) is 12.3 Å². The number of hydrogen-bond acceptors (Lipinski definition) is 3. The van der Waals surface area contributed by atoms with Gasteiger partial charge in [0.05, 0.1) is 6.21 Å². The first kappa shape index (κ1) is 17.3. The molecule has 0 unspecified atom stereocenters. The summed E-state index contributed by atoms with van der Waals surface area (Å²) in [6, 6.07) is 18.3. The van der Waals surface area contributed by atoms with Crippen molar-refractivity contribution in [1.29, 1.82) is 0 Å². The lowest BCUT2D eigenvalue weighted by atomic mass is 10.0. The largest absolute Gasteiger partial charge is 0.273 e. The van der Waals surface area contributed by atoms with E-state index in [2.05, 4.69) is 36.5 Å². The Labute approximate surface area is 142 Å². The number of thioether (sulfide) groups is 1. The third-order valence-electron chi connectivity index (χ3n) is 3.35. The third-order valence-corrected chi connectivity index (χ3v) is 4.36. The van der Waals surface area contributed by atoms with Gasteiger partial charge in [-0.3, -0.25) is 4.79 Å². The molecule has 1 amide bonds. The van der Waals surface area contributed by atoms with Crippen LogP contribution in [0.25, 0.3) is 0 Å². The molecule has 0 aliphatic heterocycles. The molecular formula is C19H22N2OS. The van der Waals surface area contributed by atoms with E-state index >= 15 is 0 Å². The summed E-state index contributed by atoms with van der Waals surface area (Å²) in [4.78, 5) is 12.9. The van der Waals surface area contributed by atoms with Gasteiger partial charge in [0.15, 0.2) is 0 Å². The smallest absolute Gasteiger partial charge is 0.240 e. The number of hydrogen-bond donors (Lipinski definition) is 1. The highest BCUT2D eigenvalue weighted by Crippen LogP contribution is 2.17. The molecule has 2 rings (SSSR count). The zero-order chi connectivity index (χ0) is 16.5. The predicted molar refractivity (Wildman–Crippen MR) is 98.1 cm³/mol. The van der Waals surface area contributed by atoms with Gasteiger partial charge in [-0.2, -0.15) is 5.10 Å². The first-order chi connectivity index (χ1) is 11.1. The van der Waals surface area contributed by atoms with Crippen molar-refractivity contribution in [2.24, 2.45) is 5.10 Å². The second-order valence-corrected chi connectivity index (χ2v) is 6.69. The maximum Gasteiger partial charge on any atom is 0.240 e. The Morgan fingerprint density at radius 2 is 1.83 bits per heavy atom. The van der Waals surface area contributed by atoms with Crippen molar-refractivity contribution in [1.82, 2.24) is 5.43 Å². The number of benzene rings is 2. The number of amides is 1. The minimum atomic E-state index is -0.0662. The molecule has 0 atom stereocenters. The molecule has 0 spiro atoms. The standard InChI is InChI=1S/C19H22N2OS/c1-15(2)17-10-8-16(9-11-17)14-20-21-19(22)12-13-23-18-6-4-3-5-7-18/h3-11,14-15H,12-13H2,1-2H3,(H,21,22)/b20-14-. The molecule has 0 heterocycles. The van der Waals surface area contributed by atoms with E-state index in [9.17, 15) is 4.79 Å². The fraction of sp³-hybridized carbons (Fsp3) is 0.263. The van der Waals surface area contributed by atoms with E-state index in [1.807, 2.05) is 42.5 Å². The van der Waals surface area contributed by atoms with Gasteiger partial charge in [-0.1, -0.05) is 56.3 Å². The van der Waals surface area contributed by atoms with Crippen LogP contribution < -0.4 is 5.43 Å². The highest BCUT2D eigenvalue weighted by atomic mass is 32.2. The summed E-state index contributed by atoms with van der Waals surface area (Å²) in [5, 5.41) is 4.01. The van der Waals surface area contributed by atoms with E-state index in [0.717, 1.165) is 11.3 Å². The van der Waals surface area contributed by atoms with Crippen LogP contribution in [-0.2, 0) is 4.79 Å². The molecule has 4 heteroatoms. The molecule has 0 fully saturated rings. The molecule has 0 bridgehead atoms. The van der Waals surface area contributed by atoms with Gasteiger partial charge in [-0.15, -0.1) is 11.8 Å². The molecule has 1 N–H and O–H groups in total. The SMILES string of the molecule is CC(C)c1ccc(/C=N\NC(=O)CCSc2ccccc2)cc1. The maximum absolute atomic E-state index is 11.7. The fourth-order valence-electron chi connectivity index (χ4n) is 1.98. The van der Waals surface area contributed by atoms with E-state index in [-0.39, 0.29) is 5.91 Å². The molecule has 2 aromatic rings. The molecule has 0 saturated heterocycles. The van der Waals surface area contributed by atoms with Crippen LogP contribution >= 0.6 is 11.8 Å². The van der Waals surface area contributed by atoms with E-state index < -0.39 is 0 Å². The Kier molecular flexibility index (Phi) is 6.88. The van der Waals surface area contributed by atoms with Gasteiger partial charge >= 0.3 is 0 Å². The van der Waals surface area contributed by atoms with Gasteiger partial charge in [0.1, 0.15) is 0 Å². The fourth-order valence-corrected chi connectivity index (χ4v) is 2.85. The van der Waals surface area contributed by atoms with E-state index in [1.165, 1.54) is 10.5 Å². The molecular weight excluding hydrogens is 304 g/mol. The molecule has 23 heavy (non-hydrogen) atoms. The van der Waals surface area contributed by atoms with Crippen molar-refractivity contribution in [2.45, 2.75) is 31.1 Å². The van der Waals surface area contributed by atoms with Crippen molar-refractivity contribution < 1.29 is 4.79 Å². The normalized spacial score (nSPS) is 11.1. The lowest BCUT2D eigenvalue weighted by Gasteiger charge is -2.04. The van der Waals surface area contributed by atoms with Gasteiger partial charge in [0, 0.05) is 17.1 Å². The molecule has 2 aromatic carbocycles. The Morgan fingerprint density at radius 1 is 1.13 bits per heavy atom. The van der Waals surface area contributed by atoms with Crippen LogP contribution in [0.4, 0.5) is 0 Å². The van der Waals surface area contributed by atoms with E-state index in [4.69, 9.17) is 0 Å². The summed E-state index contributed by atoms with van der Waals surface area (Å²) < 4.78 is 0. The molecule has 0 saturated carbocycles. The van der Waals surface area contributed by atoms with Crippen LogP contribution in [0.3, 0.4) is 0 Å². The molecule has 120 valence electrons. The first-order valence-electron chi connectivity index (χ1n) is 7.75. The van der Waals surface area contributed by atoms with Crippen LogP contribution in [0, 0.1) is 0 Å². The summed E-state index contributed by atoms with van der Waals surface area (Å²) >= 11 is 1.67. The van der Waals surface area contributed by atoms with Crippen LogP contribution in [-0.4, -0.2) is 17.9 Å². The van der Waals surface area contributed by atoms with Crippen LogP contribution in [0.5, 0.6) is 0 Å². The van der Waals surface area contributed by atoms with Crippen molar-refractivity contribution in [3.8, 4) is 0 Å². The Balaban J connectivity index is 1.71. The summed E-state index contributed by atoms with van der Waals surface area (Å²) in [5.41, 5.74) is 4.85. The first-order valence-corrected chi connectivity index (χ1v) is 8.73. The second kappa shape index (κ2) is 9.16. The monoisotopic (exact) mass is 326 g/mol. The van der Waals surface area contributed by atoms with Gasteiger partial charge in [-0.25, -0.2) is 5.43 Å². The highest BCUT2D eigenvalue weighted by molar-refractivity contribution is 7.99. The average molecular weight is 326 g/mol. The highest BCUT2D eigenvalue weighted by Gasteiger charge is 2.01. The molecule has 3 nitrogen and oxygen atoms in total. The Morgan fingerprint density at radius 3 is 2.48 bits per heavy atom. The predicted octanol–water partition coefficient (Wildman–Crippen LogP) is 4.44. The third kappa shape index (κ3) is 6.28. The summed E-state index contributed by atoms with van der Waals surface area (Å²) in [7, 11) is 0. The quantitative estimate of drug-likeness (QED) is 0.464. The number of nitrogens with one attached hydrogen (secondary N) is 1. The van der Waals surface area contributed by atoms with Gasteiger partial charge in [0.25, 0.3) is 0 Å². The lowest BCUT2D eigenvalue weighted by Crippen LogP contribution is -2.17. The number of carbonyl (C=O) groups is 1. The van der Waals surface area contributed by atoms with Crippen LogP contribution in [0.2, 0.25) is 0 Å². The van der Waals surface area contributed by atoms with Gasteiger partial charge in [-0.05, 0) is 29.2 Å².